The first kappa shape index (κ1) is 15.3. The highest BCUT2D eigenvalue weighted by Crippen LogP contribution is 2.29. The van der Waals surface area contributed by atoms with Crippen molar-refractivity contribution in [1.29, 1.82) is 0 Å². The lowest BCUT2D eigenvalue weighted by Gasteiger charge is -2.19. The molecule has 0 atom stereocenters. The van der Waals surface area contributed by atoms with Crippen LogP contribution in [0.4, 0.5) is 0 Å². The van der Waals surface area contributed by atoms with Crippen molar-refractivity contribution in [3.05, 3.63) is 11.3 Å². The lowest BCUT2D eigenvalue weighted by molar-refractivity contribution is -0.139. The Bertz CT molecular complexity index is 279. The minimum atomic E-state index is -0.0737. The molecule has 2 nitrogen and oxygen atoms in total. The summed E-state index contributed by atoms with van der Waals surface area (Å²) in [5.74, 6) is 0.930. The van der Waals surface area contributed by atoms with Crippen LogP contribution in [0.3, 0.4) is 0 Å². The van der Waals surface area contributed by atoms with Crippen molar-refractivity contribution in [3.8, 4) is 0 Å². The first-order chi connectivity index (χ1) is 8.77. The van der Waals surface area contributed by atoms with Crippen molar-refractivity contribution in [2.75, 3.05) is 0 Å². The molecule has 2 heteroatoms. The molecule has 0 spiro atoms. The largest absolute Gasteiger partial charge is 0.431 e. The predicted octanol–water partition coefficient (Wildman–Crippen LogP) is 5.13. The molecular weight excluding hydrogens is 224 g/mol. The van der Waals surface area contributed by atoms with Gasteiger partial charge in [0.05, 0.1) is 0 Å². The summed E-state index contributed by atoms with van der Waals surface area (Å²) >= 11 is 0. The van der Waals surface area contributed by atoms with Crippen molar-refractivity contribution >= 4 is 5.97 Å². The van der Waals surface area contributed by atoms with Gasteiger partial charge in [0.2, 0.25) is 0 Å². The van der Waals surface area contributed by atoms with Crippen molar-refractivity contribution in [3.63, 3.8) is 0 Å². The van der Waals surface area contributed by atoms with E-state index < -0.39 is 0 Å². The third kappa shape index (κ3) is 5.70. The Morgan fingerprint density at radius 3 is 2.50 bits per heavy atom. The van der Waals surface area contributed by atoms with Gasteiger partial charge in [0.1, 0.15) is 5.76 Å². The van der Waals surface area contributed by atoms with Crippen molar-refractivity contribution < 1.29 is 9.53 Å². The zero-order chi connectivity index (χ0) is 13.2. The van der Waals surface area contributed by atoms with Gasteiger partial charge in [-0.1, -0.05) is 39.5 Å². The van der Waals surface area contributed by atoms with Crippen LogP contribution in [0.5, 0.6) is 0 Å². The van der Waals surface area contributed by atoms with Crippen LogP contribution in [0.1, 0.15) is 84.5 Å². The molecule has 0 saturated heterocycles. The molecular formula is C16H28O2. The number of rotatable bonds is 8. The fraction of sp³-hybridized carbons (Fsp3) is 0.812. The van der Waals surface area contributed by atoms with Gasteiger partial charge in [-0.3, -0.25) is 4.79 Å². The maximum atomic E-state index is 11.4. The molecule has 1 aliphatic rings. The van der Waals surface area contributed by atoms with Gasteiger partial charge >= 0.3 is 5.97 Å². The SMILES string of the molecule is CCCCCCCC1=C(OC(=O)CC)CCCC1. The zero-order valence-electron chi connectivity index (χ0n) is 12.1. The maximum Gasteiger partial charge on any atom is 0.310 e. The van der Waals surface area contributed by atoms with Crippen molar-refractivity contribution in [1.82, 2.24) is 0 Å². The van der Waals surface area contributed by atoms with Crippen LogP contribution in [0, 0.1) is 0 Å². The quantitative estimate of drug-likeness (QED) is 0.442. The Hall–Kier alpha value is -0.790. The zero-order valence-corrected chi connectivity index (χ0v) is 12.1. The van der Waals surface area contributed by atoms with E-state index in [1.165, 1.54) is 50.5 Å². The van der Waals surface area contributed by atoms with Crippen LogP contribution in [0.15, 0.2) is 11.3 Å². The van der Waals surface area contributed by atoms with E-state index in [1.807, 2.05) is 6.92 Å². The maximum absolute atomic E-state index is 11.4. The Morgan fingerprint density at radius 2 is 1.78 bits per heavy atom. The van der Waals surface area contributed by atoms with Gasteiger partial charge in [-0.15, -0.1) is 0 Å². The molecule has 0 amide bonds. The molecule has 0 heterocycles. The topological polar surface area (TPSA) is 26.3 Å². The molecule has 1 rings (SSSR count). The van der Waals surface area contributed by atoms with Gasteiger partial charge in [-0.25, -0.2) is 0 Å². The molecule has 18 heavy (non-hydrogen) atoms. The first-order valence-electron chi connectivity index (χ1n) is 7.69. The number of ether oxygens (including phenoxy) is 1. The number of hydrogen-bond donors (Lipinski definition) is 0. The van der Waals surface area contributed by atoms with E-state index in [0.29, 0.717) is 6.42 Å². The summed E-state index contributed by atoms with van der Waals surface area (Å²) in [6, 6.07) is 0. The van der Waals surface area contributed by atoms with Gasteiger partial charge in [-0.2, -0.15) is 0 Å². The molecule has 0 radical (unpaired) electrons. The summed E-state index contributed by atoms with van der Waals surface area (Å²) in [6.45, 7) is 4.10. The number of esters is 1. The highest BCUT2D eigenvalue weighted by atomic mass is 16.5. The molecule has 0 fully saturated rings. The molecule has 0 unspecified atom stereocenters. The number of allylic oxidation sites excluding steroid dienone is 2. The molecule has 0 aromatic carbocycles. The molecule has 104 valence electrons. The summed E-state index contributed by atoms with van der Waals surface area (Å²) in [5.41, 5.74) is 1.42. The van der Waals surface area contributed by atoms with Gasteiger partial charge in [0.15, 0.2) is 0 Å². The summed E-state index contributed by atoms with van der Waals surface area (Å²) in [7, 11) is 0. The van der Waals surface area contributed by atoms with E-state index in [9.17, 15) is 4.79 Å². The second-order valence-corrected chi connectivity index (χ2v) is 5.23. The summed E-state index contributed by atoms with van der Waals surface area (Å²) in [4.78, 5) is 11.4. The minimum absolute atomic E-state index is 0.0737. The Labute approximate surface area is 112 Å². The molecule has 0 N–H and O–H groups in total. The number of carbonyl (C=O) groups is 1. The molecule has 0 aliphatic heterocycles. The van der Waals surface area contributed by atoms with Crippen LogP contribution in [-0.4, -0.2) is 5.97 Å². The smallest absolute Gasteiger partial charge is 0.310 e. The van der Waals surface area contributed by atoms with E-state index in [4.69, 9.17) is 4.74 Å². The van der Waals surface area contributed by atoms with E-state index in [-0.39, 0.29) is 5.97 Å². The average Bonchev–Trinajstić information content (AvgIpc) is 2.40. The van der Waals surface area contributed by atoms with Gasteiger partial charge < -0.3 is 4.74 Å². The third-order valence-corrected chi connectivity index (χ3v) is 3.63. The molecule has 1 aliphatic carbocycles. The fourth-order valence-corrected chi connectivity index (χ4v) is 2.48. The van der Waals surface area contributed by atoms with E-state index in [1.54, 1.807) is 0 Å². The number of unbranched alkanes of at least 4 members (excludes halogenated alkanes) is 4. The standard InChI is InChI=1S/C16H28O2/c1-3-5-6-7-8-11-14-12-9-10-13-15(14)18-16(17)4-2/h3-13H2,1-2H3. The Kier molecular flexibility index (Phi) is 7.79. The molecule has 0 aromatic rings. The van der Waals surface area contributed by atoms with Crippen LogP contribution in [0.2, 0.25) is 0 Å². The highest BCUT2D eigenvalue weighted by Gasteiger charge is 2.15. The van der Waals surface area contributed by atoms with Gasteiger partial charge in [0.25, 0.3) is 0 Å². The van der Waals surface area contributed by atoms with Crippen LogP contribution >= 0.6 is 0 Å². The van der Waals surface area contributed by atoms with Crippen LogP contribution < -0.4 is 0 Å². The lowest BCUT2D eigenvalue weighted by Crippen LogP contribution is -2.09. The number of carbonyl (C=O) groups excluding carboxylic acids is 1. The molecule has 0 bridgehead atoms. The normalized spacial score (nSPS) is 15.9. The third-order valence-electron chi connectivity index (χ3n) is 3.63. The second-order valence-electron chi connectivity index (χ2n) is 5.23. The van der Waals surface area contributed by atoms with Crippen LogP contribution in [-0.2, 0) is 9.53 Å². The predicted molar refractivity (Wildman–Crippen MR) is 75.3 cm³/mol. The number of hydrogen-bond acceptors (Lipinski definition) is 2. The Morgan fingerprint density at radius 1 is 1.06 bits per heavy atom. The summed E-state index contributed by atoms with van der Waals surface area (Å²) < 4.78 is 5.47. The lowest BCUT2D eigenvalue weighted by atomic mass is 9.93. The second kappa shape index (κ2) is 9.18. The van der Waals surface area contributed by atoms with E-state index >= 15 is 0 Å². The molecule has 0 aromatic heterocycles. The summed E-state index contributed by atoms with van der Waals surface area (Å²) in [6.07, 6.45) is 12.7. The van der Waals surface area contributed by atoms with E-state index in [2.05, 4.69) is 6.92 Å². The van der Waals surface area contributed by atoms with Crippen molar-refractivity contribution in [2.24, 2.45) is 0 Å². The first-order valence-corrected chi connectivity index (χ1v) is 7.69. The Balaban J connectivity index is 2.38. The average molecular weight is 252 g/mol. The fourth-order valence-electron chi connectivity index (χ4n) is 2.48. The van der Waals surface area contributed by atoms with Crippen LogP contribution in [0.25, 0.3) is 0 Å². The minimum Gasteiger partial charge on any atom is -0.431 e. The van der Waals surface area contributed by atoms with E-state index in [0.717, 1.165) is 25.0 Å². The van der Waals surface area contributed by atoms with Gasteiger partial charge in [0, 0.05) is 12.8 Å². The highest BCUT2D eigenvalue weighted by molar-refractivity contribution is 5.70. The van der Waals surface area contributed by atoms with Crippen molar-refractivity contribution in [2.45, 2.75) is 84.5 Å². The summed E-state index contributed by atoms with van der Waals surface area (Å²) in [5, 5.41) is 0. The monoisotopic (exact) mass is 252 g/mol. The van der Waals surface area contributed by atoms with Gasteiger partial charge in [-0.05, 0) is 37.7 Å². The molecule has 0 saturated carbocycles.